The molecule has 2 N–H and O–H groups in total. The van der Waals surface area contributed by atoms with Gasteiger partial charge in [-0.05, 0) is 53.9 Å². The van der Waals surface area contributed by atoms with Crippen molar-refractivity contribution < 1.29 is 4.39 Å². The molecule has 0 saturated heterocycles. The second kappa shape index (κ2) is 5.27. The van der Waals surface area contributed by atoms with E-state index in [1.54, 1.807) is 24.3 Å². The lowest BCUT2D eigenvalue weighted by Gasteiger charge is -2.16. The number of rotatable bonds is 2. The van der Waals surface area contributed by atoms with Gasteiger partial charge >= 0.3 is 0 Å². The minimum Gasteiger partial charge on any atom is -0.320 e. The molecule has 94 valence electrons. The second-order valence-corrected chi connectivity index (χ2v) is 5.05. The molecule has 4 heteroatoms. The van der Waals surface area contributed by atoms with Gasteiger partial charge in [0.25, 0.3) is 0 Å². The maximum Gasteiger partial charge on any atom is 0.123 e. The van der Waals surface area contributed by atoms with E-state index in [1.807, 2.05) is 6.92 Å². The molecule has 0 radical (unpaired) electrons. The van der Waals surface area contributed by atoms with Crippen LogP contribution in [0, 0.1) is 12.7 Å². The molecule has 18 heavy (non-hydrogen) atoms. The Morgan fingerprint density at radius 1 is 1.06 bits per heavy atom. The van der Waals surface area contributed by atoms with E-state index in [4.69, 9.17) is 28.9 Å². The summed E-state index contributed by atoms with van der Waals surface area (Å²) in [7, 11) is 0. The van der Waals surface area contributed by atoms with Gasteiger partial charge in [-0.3, -0.25) is 0 Å². The zero-order valence-electron chi connectivity index (χ0n) is 9.75. The molecule has 0 fully saturated rings. The highest BCUT2D eigenvalue weighted by Crippen LogP contribution is 2.28. The maximum atomic E-state index is 13.1. The molecule has 0 spiro atoms. The Kier molecular flexibility index (Phi) is 3.91. The number of aryl methyl sites for hydroxylation is 1. The molecule has 0 heterocycles. The molecular weight excluding hydrogens is 272 g/mol. The molecule has 0 aliphatic heterocycles. The van der Waals surface area contributed by atoms with Crippen LogP contribution in [0.2, 0.25) is 10.0 Å². The zero-order valence-corrected chi connectivity index (χ0v) is 11.3. The lowest BCUT2D eigenvalue weighted by atomic mass is 9.96. The number of halogens is 3. The van der Waals surface area contributed by atoms with Gasteiger partial charge in [0.15, 0.2) is 0 Å². The van der Waals surface area contributed by atoms with Crippen LogP contribution < -0.4 is 5.73 Å². The van der Waals surface area contributed by atoms with E-state index in [1.165, 1.54) is 12.1 Å². The number of hydrogen-bond donors (Lipinski definition) is 1. The average molecular weight is 284 g/mol. The minimum atomic E-state index is -0.373. The molecule has 0 bridgehead atoms. The van der Waals surface area contributed by atoms with Gasteiger partial charge in [-0.2, -0.15) is 0 Å². The fourth-order valence-electron chi connectivity index (χ4n) is 1.92. The molecule has 0 saturated carbocycles. The normalized spacial score (nSPS) is 12.5. The molecule has 0 aliphatic carbocycles. The molecule has 1 atom stereocenters. The predicted molar refractivity (Wildman–Crippen MR) is 73.6 cm³/mol. The lowest BCUT2D eigenvalue weighted by Crippen LogP contribution is -2.13. The summed E-state index contributed by atoms with van der Waals surface area (Å²) in [6, 6.07) is 9.35. The molecular formula is C14H12Cl2FN. The van der Waals surface area contributed by atoms with Gasteiger partial charge in [-0.25, -0.2) is 4.39 Å². The van der Waals surface area contributed by atoms with Crippen molar-refractivity contribution in [2.75, 3.05) is 0 Å². The highest BCUT2D eigenvalue weighted by Gasteiger charge is 2.13. The van der Waals surface area contributed by atoms with Crippen LogP contribution >= 0.6 is 23.2 Å². The van der Waals surface area contributed by atoms with Crippen molar-refractivity contribution in [3.63, 3.8) is 0 Å². The van der Waals surface area contributed by atoms with Gasteiger partial charge < -0.3 is 5.73 Å². The van der Waals surface area contributed by atoms with Crippen molar-refractivity contribution in [1.82, 2.24) is 0 Å². The zero-order chi connectivity index (χ0) is 13.3. The predicted octanol–water partition coefficient (Wildman–Crippen LogP) is 4.49. The third kappa shape index (κ3) is 2.83. The summed E-state index contributed by atoms with van der Waals surface area (Å²) in [6.07, 6.45) is 0. The summed E-state index contributed by atoms with van der Waals surface area (Å²) < 4.78 is 13.1. The Balaban J connectivity index is 2.44. The fourth-order valence-corrected chi connectivity index (χ4v) is 2.47. The van der Waals surface area contributed by atoms with Gasteiger partial charge in [0.05, 0.1) is 6.04 Å². The van der Waals surface area contributed by atoms with E-state index in [2.05, 4.69) is 0 Å². The van der Waals surface area contributed by atoms with Gasteiger partial charge in [0.2, 0.25) is 0 Å². The van der Waals surface area contributed by atoms with Gasteiger partial charge in [0.1, 0.15) is 5.82 Å². The first-order chi connectivity index (χ1) is 8.47. The van der Waals surface area contributed by atoms with Crippen LogP contribution in [0.4, 0.5) is 4.39 Å². The summed E-state index contributed by atoms with van der Waals surface area (Å²) in [4.78, 5) is 0. The third-order valence-electron chi connectivity index (χ3n) is 2.81. The van der Waals surface area contributed by atoms with E-state index in [-0.39, 0.29) is 11.9 Å². The molecule has 2 aromatic carbocycles. The van der Waals surface area contributed by atoms with E-state index in [0.29, 0.717) is 10.0 Å². The Bertz CT molecular complexity index is 564. The molecule has 0 aromatic heterocycles. The van der Waals surface area contributed by atoms with Crippen LogP contribution in [0.15, 0.2) is 36.4 Å². The summed E-state index contributed by atoms with van der Waals surface area (Å²) in [5, 5.41) is 1.07. The topological polar surface area (TPSA) is 26.0 Å². The van der Waals surface area contributed by atoms with Crippen LogP contribution in [-0.2, 0) is 0 Å². The first kappa shape index (κ1) is 13.3. The Labute approximate surface area is 115 Å². The Morgan fingerprint density at radius 3 is 2.22 bits per heavy atom. The summed E-state index contributed by atoms with van der Waals surface area (Å²) in [5.41, 5.74) is 8.63. The van der Waals surface area contributed by atoms with Gasteiger partial charge in [-0.1, -0.05) is 29.3 Å². The number of hydrogen-bond acceptors (Lipinski definition) is 1. The fraction of sp³-hybridized carbons (Fsp3) is 0.143. The maximum absolute atomic E-state index is 13.1. The van der Waals surface area contributed by atoms with Crippen molar-refractivity contribution in [3.8, 4) is 0 Å². The standard InChI is InChI=1S/C14H12Cl2FN/c1-8-4-12(17)2-3-13(8)14(18)9-5-10(15)7-11(16)6-9/h2-7,14H,18H2,1H3. The third-order valence-corrected chi connectivity index (χ3v) is 3.25. The van der Waals surface area contributed by atoms with E-state index in [0.717, 1.165) is 16.7 Å². The van der Waals surface area contributed by atoms with Crippen molar-refractivity contribution in [2.24, 2.45) is 5.73 Å². The second-order valence-electron chi connectivity index (χ2n) is 4.18. The summed E-state index contributed by atoms with van der Waals surface area (Å²) in [5.74, 6) is -0.271. The highest BCUT2D eigenvalue weighted by molar-refractivity contribution is 6.34. The molecule has 1 nitrogen and oxygen atoms in total. The van der Waals surface area contributed by atoms with Gasteiger partial charge in [-0.15, -0.1) is 0 Å². The van der Waals surface area contributed by atoms with Crippen LogP contribution in [0.5, 0.6) is 0 Å². The molecule has 0 amide bonds. The summed E-state index contributed by atoms with van der Waals surface area (Å²) in [6.45, 7) is 1.82. The summed E-state index contributed by atoms with van der Waals surface area (Å²) >= 11 is 11.9. The van der Waals surface area contributed by atoms with Crippen molar-refractivity contribution >= 4 is 23.2 Å². The van der Waals surface area contributed by atoms with Crippen molar-refractivity contribution in [3.05, 3.63) is 69.0 Å². The van der Waals surface area contributed by atoms with Gasteiger partial charge in [0, 0.05) is 10.0 Å². The van der Waals surface area contributed by atoms with Crippen molar-refractivity contribution in [1.29, 1.82) is 0 Å². The van der Waals surface area contributed by atoms with E-state index >= 15 is 0 Å². The molecule has 1 unspecified atom stereocenters. The quantitative estimate of drug-likeness (QED) is 0.864. The van der Waals surface area contributed by atoms with Crippen LogP contribution in [-0.4, -0.2) is 0 Å². The molecule has 0 aliphatic rings. The monoisotopic (exact) mass is 283 g/mol. The largest absolute Gasteiger partial charge is 0.320 e. The Morgan fingerprint density at radius 2 is 1.67 bits per heavy atom. The van der Waals surface area contributed by atoms with Crippen LogP contribution in [0.3, 0.4) is 0 Å². The average Bonchev–Trinajstić information content (AvgIpc) is 2.26. The van der Waals surface area contributed by atoms with Crippen molar-refractivity contribution in [2.45, 2.75) is 13.0 Å². The molecule has 2 rings (SSSR count). The number of nitrogens with two attached hydrogens (primary N) is 1. The highest BCUT2D eigenvalue weighted by atomic mass is 35.5. The lowest BCUT2D eigenvalue weighted by molar-refractivity contribution is 0.624. The van der Waals surface area contributed by atoms with Crippen LogP contribution in [0.25, 0.3) is 0 Å². The van der Waals surface area contributed by atoms with E-state index in [9.17, 15) is 4.39 Å². The Hall–Kier alpha value is -1.09. The first-order valence-electron chi connectivity index (χ1n) is 5.45. The number of benzene rings is 2. The van der Waals surface area contributed by atoms with Crippen LogP contribution in [0.1, 0.15) is 22.7 Å². The SMILES string of the molecule is Cc1cc(F)ccc1C(N)c1cc(Cl)cc(Cl)c1. The minimum absolute atomic E-state index is 0.271. The van der Waals surface area contributed by atoms with E-state index < -0.39 is 0 Å². The first-order valence-corrected chi connectivity index (χ1v) is 6.20. The molecule has 2 aromatic rings. The smallest absolute Gasteiger partial charge is 0.123 e.